The molecule has 0 aliphatic carbocycles. The zero-order valence-corrected chi connectivity index (χ0v) is 13.7. The lowest BCUT2D eigenvalue weighted by Crippen LogP contribution is -2.54. The molecule has 1 spiro atoms. The molecule has 0 saturated carbocycles. The fraction of sp³-hybridized carbons (Fsp3) is 1.00. The van der Waals surface area contributed by atoms with Crippen LogP contribution in [-0.2, 0) is 4.74 Å². The Balaban J connectivity index is 1.64. The van der Waals surface area contributed by atoms with Gasteiger partial charge in [-0.1, -0.05) is 6.92 Å². The summed E-state index contributed by atoms with van der Waals surface area (Å²) in [6, 6.07) is 1.57. The van der Waals surface area contributed by atoms with Crippen molar-refractivity contribution in [2.75, 3.05) is 37.7 Å². The van der Waals surface area contributed by atoms with Crippen LogP contribution in [0.2, 0.25) is 0 Å². The Kier molecular flexibility index (Phi) is 5.29. The zero-order valence-electron chi connectivity index (χ0n) is 12.9. The fourth-order valence-corrected chi connectivity index (χ4v) is 5.57. The molecule has 3 fully saturated rings. The van der Waals surface area contributed by atoms with Crippen molar-refractivity contribution in [3.8, 4) is 0 Å². The molecule has 0 aromatic carbocycles. The number of nitrogens with one attached hydrogen (secondary N) is 1. The minimum Gasteiger partial charge on any atom is -0.375 e. The number of ether oxygens (including phenoxy) is 1. The van der Waals surface area contributed by atoms with E-state index in [1.54, 1.807) is 0 Å². The van der Waals surface area contributed by atoms with E-state index < -0.39 is 0 Å². The highest BCUT2D eigenvalue weighted by Gasteiger charge is 2.41. The average Bonchev–Trinajstić information content (AvgIpc) is 2.50. The van der Waals surface area contributed by atoms with Crippen molar-refractivity contribution in [3.63, 3.8) is 0 Å². The first-order valence-corrected chi connectivity index (χ1v) is 9.67. The number of rotatable bonds is 3. The lowest BCUT2D eigenvalue weighted by Gasteiger charge is -2.48. The Morgan fingerprint density at radius 1 is 1.15 bits per heavy atom. The Morgan fingerprint density at radius 3 is 2.60 bits per heavy atom. The minimum atomic E-state index is 0.231. The second kappa shape index (κ2) is 6.99. The molecule has 0 aromatic rings. The molecule has 20 heavy (non-hydrogen) atoms. The Bertz CT molecular complexity index is 295. The summed E-state index contributed by atoms with van der Waals surface area (Å²) in [6.45, 7) is 6.94. The summed E-state index contributed by atoms with van der Waals surface area (Å²) < 4.78 is 6.27. The van der Waals surface area contributed by atoms with Gasteiger partial charge in [-0.05, 0) is 69.7 Å². The van der Waals surface area contributed by atoms with Crippen LogP contribution in [0.3, 0.4) is 0 Å². The maximum Gasteiger partial charge on any atom is 0.0713 e. The van der Waals surface area contributed by atoms with Crippen molar-refractivity contribution in [3.05, 3.63) is 0 Å². The van der Waals surface area contributed by atoms with E-state index in [9.17, 15) is 0 Å². The van der Waals surface area contributed by atoms with Gasteiger partial charge < -0.3 is 10.1 Å². The van der Waals surface area contributed by atoms with Crippen LogP contribution in [0.25, 0.3) is 0 Å². The summed E-state index contributed by atoms with van der Waals surface area (Å²) in [4.78, 5) is 2.81. The molecule has 3 aliphatic rings. The van der Waals surface area contributed by atoms with Gasteiger partial charge in [-0.25, -0.2) is 0 Å². The van der Waals surface area contributed by atoms with Crippen LogP contribution >= 0.6 is 11.8 Å². The molecule has 1 unspecified atom stereocenters. The molecule has 1 atom stereocenters. The van der Waals surface area contributed by atoms with Crippen LogP contribution < -0.4 is 5.32 Å². The van der Waals surface area contributed by atoms with Crippen LogP contribution in [-0.4, -0.2) is 60.3 Å². The van der Waals surface area contributed by atoms with E-state index in [4.69, 9.17) is 4.74 Å². The SMILES string of the molecule is CCN(C1CCNCC1)C1CCOC2(CCSCC2)C1. The summed E-state index contributed by atoms with van der Waals surface area (Å²) >= 11 is 2.10. The smallest absolute Gasteiger partial charge is 0.0713 e. The van der Waals surface area contributed by atoms with Gasteiger partial charge in [0.25, 0.3) is 0 Å². The van der Waals surface area contributed by atoms with Gasteiger partial charge in [-0.2, -0.15) is 11.8 Å². The van der Waals surface area contributed by atoms with Crippen LogP contribution in [0.1, 0.15) is 45.4 Å². The van der Waals surface area contributed by atoms with E-state index in [1.165, 1.54) is 69.7 Å². The van der Waals surface area contributed by atoms with Crippen LogP contribution in [0.4, 0.5) is 0 Å². The van der Waals surface area contributed by atoms with E-state index >= 15 is 0 Å². The monoisotopic (exact) mass is 298 g/mol. The van der Waals surface area contributed by atoms with Gasteiger partial charge >= 0.3 is 0 Å². The molecule has 4 heteroatoms. The topological polar surface area (TPSA) is 24.5 Å². The summed E-state index contributed by atoms with van der Waals surface area (Å²) in [7, 11) is 0. The minimum absolute atomic E-state index is 0.231. The summed E-state index contributed by atoms with van der Waals surface area (Å²) in [6.07, 6.45) is 7.73. The van der Waals surface area contributed by atoms with Gasteiger partial charge in [0.05, 0.1) is 5.60 Å². The Hall–Kier alpha value is 0.230. The van der Waals surface area contributed by atoms with Gasteiger partial charge in [0, 0.05) is 18.7 Å². The molecule has 3 saturated heterocycles. The molecule has 0 aromatic heterocycles. The molecular weight excluding hydrogens is 268 g/mol. The lowest BCUT2D eigenvalue weighted by atomic mass is 9.84. The van der Waals surface area contributed by atoms with Gasteiger partial charge in [0.2, 0.25) is 0 Å². The molecule has 0 amide bonds. The standard InChI is InChI=1S/C16H30N2OS/c1-2-18(14-3-8-17-9-4-14)15-5-10-19-16(13-15)6-11-20-12-7-16/h14-15,17H,2-13H2,1H3. The summed E-state index contributed by atoms with van der Waals surface area (Å²) in [5, 5.41) is 3.50. The average molecular weight is 298 g/mol. The first-order chi connectivity index (χ1) is 9.83. The molecule has 0 radical (unpaired) electrons. The number of piperidine rings is 1. The highest BCUT2D eigenvalue weighted by molar-refractivity contribution is 7.99. The van der Waals surface area contributed by atoms with Crippen molar-refractivity contribution in [2.24, 2.45) is 0 Å². The maximum atomic E-state index is 6.27. The van der Waals surface area contributed by atoms with Crippen LogP contribution in [0.5, 0.6) is 0 Å². The molecule has 3 rings (SSSR count). The number of hydrogen-bond acceptors (Lipinski definition) is 4. The lowest BCUT2D eigenvalue weighted by molar-refractivity contribution is -0.115. The molecule has 3 heterocycles. The highest BCUT2D eigenvalue weighted by atomic mass is 32.2. The van der Waals surface area contributed by atoms with Crippen LogP contribution in [0, 0.1) is 0 Å². The van der Waals surface area contributed by atoms with E-state index in [-0.39, 0.29) is 5.60 Å². The van der Waals surface area contributed by atoms with E-state index in [0.717, 1.165) is 18.7 Å². The van der Waals surface area contributed by atoms with Crippen molar-refractivity contribution in [1.82, 2.24) is 10.2 Å². The highest BCUT2D eigenvalue weighted by Crippen LogP contribution is 2.39. The van der Waals surface area contributed by atoms with E-state index in [0.29, 0.717) is 0 Å². The van der Waals surface area contributed by atoms with Gasteiger partial charge in [0.1, 0.15) is 0 Å². The second-order valence-electron chi connectivity index (χ2n) is 6.60. The van der Waals surface area contributed by atoms with Crippen molar-refractivity contribution in [1.29, 1.82) is 0 Å². The molecule has 3 aliphatic heterocycles. The third-order valence-electron chi connectivity index (χ3n) is 5.48. The maximum absolute atomic E-state index is 6.27. The predicted molar refractivity (Wildman–Crippen MR) is 86.5 cm³/mol. The third kappa shape index (κ3) is 3.34. The molecule has 3 nitrogen and oxygen atoms in total. The summed E-state index contributed by atoms with van der Waals surface area (Å²) in [5.41, 5.74) is 0.231. The first kappa shape index (κ1) is 15.1. The number of nitrogens with zero attached hydrogens (tertiary/aromatic N) is 1. The Morgan fingerprint density at radius 2 is 1.90 bits per heavy atom. The van der Waals surface area contributed by atoms with E-state index in [1.807, 2.05) is 0 Å². The van der Waals surface area contributed by atoms with Gasteiger partial charge in [0.15, 0.2) is 0 Å². The molecule has 116 valence electrons. The van der Waals surface area contributed by atoms with Crippen LogP contribution in [0.15, 0.2) is 0 Å². The predicted octanol–water partition coefficient (Wildman–Crippen LogP) is 2.51. The number of hydrogen-bond donors (Lipinski definition) is 1. The molecular formula is C16H30N2OS. The quantitative estimate of drug-likeness (QED) is 0.865. The van der Waals surface area contributed by atoms with E-state index in [2.05, 4.69) is 28.9 Å². The third-order valence-corrected chi connectivity index (χ3v) is 6.47. The summed E-state index contributed by atoms with van der Waals surface area (Å²) in [5.74, 6) is 2.60. The van der Waals surface area contributed by atoms with Crippen molar-refractivity contribution >= 4 is 11.8 Å². The zero-order chi connectivity index (χ0) is 13.8. The first-order valence-electron chi connectivity index (χ1n) is 8.51. The van der Waals surface area contributed by atoms with Crippen molar-refractivity contribution < 1.29 is 4.74 Å². The second-order valence-corrected chi connectivity index (χ2v) is 7.83. The van der Waals surface area contributed by atoms with Gasteiger partial charge in [-0.15, -0.1) is 0 Å². The van der Waals surface area contributed by atoms with Gasteiger partial charge in [-0.3, -0.25) is 4.90 Å². The normalized spacial score (nSPS) is 31.8. The molecule has 1 N–H and O–H groups in total. The van der Waals surface area contributed by atoms with Crippen molar-refractivity contribution in [2.45, 2.75) is 63.1 Å². The fourth-order valence-electron chi connectivity index (χ4n) is 4.33. The molecule has 0 bridgehead atoms. The Labute approximate surface area is 128 Å². The number of thioether (sulfide) groups is 1. The largest absolute Gasteiger partial charge is 0.375 e.